The Balaban J connectivity index is 2.09. The molecule has 0 bridgehead atoms. The van der Waals surface area contributed by atoms with Crippen molar-refractivity contribution in [3.63, 3.8) is 0 Å². The third kappa shape index (κ3) is 3.19. The molecule has 3 nitrogen and oxygen atoms in total. The minimum absolute atomic E-state index is 0.146. The number of benzene rings is 1. The molecule has 0 atom stereocenters. The van der Waals surface area contributed by atoms with Crippen molar-refractivity contribution < 1.29 is 9.18 Å². The maximum atomic E-state index is 13.4. The van der Waals surface area contributed by atoms with E-state index in [9.17, 15) is 9.18 Å². The topological polar surface area (TPSA) is 41.5 Å². The Hall–Kier alpha value is -1.72. The van der Waals surface area contributed by atoms with Crippen molar-refractivity contribution in [1.29, 1.82) is 0 Å². The maximum absolute atomic E-state index is 13.4. The Morgan fingerprint density at radius 2 is 2.26 bits per heavy atom. The van der Waals surface area contributed by atoms with Gasteiger partial charge in [0.1, 0.15) is 5.82 Å². The molecule has 0 spiro atoms. The Morgan fingerprint density at radius 3 is 2.89 bits per heavy atom. The van der Waals surface area contributed by atoms with Crippen LogP contribution in [0.1, 0.15) is 20.8 Å². The van der Waals surface area contributed by atoms with Crippen molar-refractivity contribution in [2.45, 2.75) is 6.92 Å². The zero-order valence-corrected chi connectivity index (χ0v) is 11.6. The van der Waals surface area contributed by atoms with Crippen LogP contribution in [0.3, 0.4) is 0 Å². The number of halogens is 2. The standard InChI is InChI=1S/C13H10ClFN2OS/c1-8-5-6-19-12(8)13(18)17-16-7-9-10(14)3-2-4-11(9)15/h2-7H,1H3,(H,17,18)/b16-7+. The molecule has 6 heteroatoms. The number of thiophene rings is 1. The average molecular weight is 297 g/mol. The molecule has 1 N–H and O–H groups in total. The normalized spacial score (nSPS) is 10.9. The van der Waals surface area contributed by atoms with Crippen LogP contribution in [0.2, 0.25) is 5.02 Å². The molecule has 1 heterocycles. The highest BCUT2D eigenvalue weighted by Gasteiger charge is 2.09. The van der Waals surface area contributed by atoms with Gasteiger partial charge in [-0.05, 0) is 36.1 Å². The number of hydrogen-bond donors (Lipinski definition) is 1. The molecule has 0 radical (unpaired) electrons. The largest absolute Gasteiger partial charge is 0.281 e. The fourth-order valence-electron chi connectivity index (χ4n) is 1.45. The number of nitrogens with zero attached hydrogens (tertiary/aromatic N) is 1. The molecule has 1 aromatic carbocycles. The minimum atomic E-state index is -0.488. The summed E-state index contributed by atoms with van der Waals surface area (Å²) in [6, 6.07) is 6.18. The lowest BCUT2D eigenvalue weighted by atomic mass is 10.2. The summed E-state index contributed by atoms with van der Waals surface area (Å²) in [7, 11) is 0. The van der Waals surface area contributed by atoms with Gasteiger partial charge in [0.25, 0.3) is 5.91 Å². The summed E-state index contributed by atoms with van der Waals surface area (Å²) >= 11 is 7.15. The van der Waals surface area contributed by atoms with Gasteiger partial charge in [-0.3, -0.25) is 4.79 Å². The number of nitrogens with one attached hydrogen (secondary N) is 1. The Morgan fingerprint density at radius 1 is 1.47 bits per heavy atom. The van der Waals surface area contributed by atoms with Crippen molar-refractivity contribution in [3.8, 4) is 0 Å². The van der Waals surface area contributed by atoms with Gasteiger partial charge in [0.05, 0.1) is 16.1 Å². The van der Waals surface area contributed by atoms with E-state index in [1.807, 2.05) is 18.4 Å². The SMILES string of the molecule is Cc1ccsc1C(=O)N/N=C/c1c(F)cccc1Cl. The van der Waals surface area contributed by atoms with Gasteiger partial charge in [-0.1, -0.05) is 17.7 Å². The predicted octanol–water partition coefficient (Wildman–Crippen LogP) is 3.61. The highest BCUT2D eigenvalue weighted by Crippen LogP contribution is 2.17. The van der Waals surface area contributed by atoms with E-state index in [0.717, 1.165) is 5.56 Å². The molecule has 0 fully saturated rings. The number of carbonyl (C=O) groups is 1. The number of amides is 1. The van der Waals surface area contributed by atoms with E-state index < -0.39 is 5.82 Å². The van der Waals surface area contributed by atoms with Crippen LogP contribution in [0.15, 0.2) is 34.7 Å². The predicted molar refractivity (Wildman–Crippen MR) is 75.5 cm³/mol. The monoisotopic (exact) mass is 296 g/mol. The summed E-state index contributed by atoms with van der Waals surface area (Å²) < 4.78 is 13.4. The summed E-state index contributed by atoms with van der Waals surface area (Å²) in [6.07, 6.45) is 1.19. The van der Waals surface area contributed by atoms with Crippen LogP contribution in [0.4, 0.5) is 4.39 Å². The molecule has 0 aliphatic carbocycles. The lowest BCUT2D eigenvalue weighted by molar-refractivity contribution is 0.0958. The number of carbonyl (C=O) groups excluding carboxylic acids is 1. The molecule has 0 saturated heterocycles. The van der Waals surface area contributed by atoms with Crippen molar-refractivity contribution in [2.75, 3.05) is 0 Å². The first-order chi connectivity index (χ1) is 9.09. The summed E-state index contributed by atoms with van der Waals surface area (Å²) in [4.78, 5) is 12.3. The van der Waals surface area contributed by atoms with Gasteiger partial charge in [-0.15, -0.1) is 11.3 Å². The van der Waals surface area contributed by atoms with E-state index >= 15 is 0 Å². The molecule has 0 aliphatic rings. The second kappa shape index (κ2) is 5.95. The Labute approximate surface area is 118 Å². The van der Waals surface area contributed by atoms with Gasteiger partial charge in [0.2, 0.25) is 0 Å². The average Bonchev–Trinajstić information content (AvgIpc) is 2.79. The second-order valence-electron chi connectivity index (χ2n) is 3.77. The Bertz CT molecular complexity index is 619. The summed E-state index contributed by atoms with van der Waals surface area (Å²) in [5.41, 5.74) is 3.37. The molecule has 2 rings (SSSR count). The first-order valence-electron chi connectivity index (χ1n) is 5.41. The molecule has 0 saturated carbocycles. The fraction of sp³-hybridized carbons (Fsp3) is 0.0769. The first-order valence-corrected chi connectivity index (χ1v) is 6.67. The molecule has 0 unspecified atom stereocenters. The fourth-order valence-corrected chi connectivity index (χ4v) is 2.47. The number of hydrogen-bond acceptors (Lipinski definition) is 3. The van der Waals surface area contributed by atoms with Gasteiger partial charge >= 0.3 is 0 Å². The third-order valence-electron chi connectivity index (χ3n) is 2.43. The van der Waals surface area contributed by atoms with Gasteiger partial charge in [0, 0.05) is 5.56 Å². The first kappa shape index (κ1) is 13.7. The molecule has 0 aliphatic heterocycles. The molecular weight excluding hydrogens is 287 g/mol. The van der Waals surface area contributed by atoms with Crippen LogP contribution < -0.4 is 5.43 Å². The van der Waals surface area contributed by atoms with Crippen LogP contribution in [0.25, 0.3) is 0 Å². The lowest BCUT2D eigenvalue weighted by Crippen LogP contribution is -2.17. The highest BCUT2D eigenvalue weighted by molar-refractivity contribution is 7.12. The minimum Gasteiger partial charge on any atom is -0.266 e. The third-order valence-corrected chi connectivity index (χ3v) is 3.77. The van der Waals surface area contributed by atoms with Crippen molar-refractivity contribution in [1.82, 2.24) is 5.43 Å². The van der Waals surface area contributed by atoms with Crippen LogP contribution >= 0.6 is 22.9 Å². The smallest absolute Gasteiger partial charge is 0.266 e. The van der Waals surface area contributed by atoms with Gasteiger partial charge < -0.3 is 0 Å². The molecule has 2 aromatic rings. The molecule has 1 amide bonds. The number of aryl methyl sites for hydroxylation is 1. The number of rotatable bonds is 3. The molecule has 19 heavy (non-hydrogen) atoms. The quantitative estimate of drug-likeness (QED) is 0.682. The summed E-state index contributed by atoms with van der Waals surface area (Å²) in [5, 5.41) is 5.78. The van der Waals surface area contributed by atoms with Crippen LogP contribution in [-0.2, 0) is 0 Å². The van der Waals surface area contributed by atoms with Gasteiger partial charge in [0.15, 0.2) is 0 Å². The summed E-state index contributed by atoms with van der Waals surface area (Å²) in [5.74, 6) is -0.811. The maximum Gasteiger partial charge on any atom is 0.281 e. The van der Waals surface area contributed by atoms with E-state index in [1.54, 1.807) is 6.07 Å². The van der Waals surface area contributed by atoms with Crippen molar-refractivity contribution in [3.05, 3.63) is 56.5 Å². The highest BCUT2D eigenvalue weighted by atomic mass is 35.5. The van der Waals surface area contributed by atoms with Crippen LogP contribution in [-0.4, -0.2) is 12.1 Å². The van der Waals surface area contributed by atoms with Crippen molar-refractivity contribution >= 4 is 35.1 Å². The van der Waals surface area contributed by atoms with Crippen LogP contribution in [0, 0.1) is 12.7 Å². The molecule has 1 aromatic heterocycles. The van der Waals surface area contributed by atoms with Crippen molar-refractivity contribution in [2.24, 2.45) is 5.10 Å². The van der Waals surface area contributed by atoms with Gasteiger partial charge in [-0.2, -0.15) is 5.10 Å². The zero-order chi connectivity index (χ0) is 13.8. The van der Waals surface area contributed by atoms with E-state index in [1.165, 1.54) is 29.7 Å². The van der Waals surface area contributed by atoms with E-state index in [2.05, 4.69) is 10.5 Å². The van der Waals surface area contributed by atoms with Gasteiger partial charge in [-0.25, -0.2) is 9.82 Å². The second-order valence-corrected chi connectivity index (χ2v) is 5.09. The van der Waals surface area contributed by atoms with Crippen LogP contribution in [0.5, 0.6) is 0 Å². The zero-order valence-electron chi connectivity index (χ0n) is 9.98. The van der Waals surface area contributed by atoms with E-state index in [0.29, 0.717) is 4.88 Å². The summed E-state index contributed by atoms with van der Waals surface area (Å²) in [6.45, 7) is 1.84. The number of hydrazone groups is 1. The lowest BCUT2D eigenvalue weighted by Gasteiger charge is -2.00. The van der Waals surface area contributed by atoms with E-state index in [-0.39, 0.29) is 16.5 Å². The van der Waals surface area contributed by atoms with E-state index in [4.69, 9.17) is 11.6 Å². The molecular formula is C13H10ClFN2OS. The Kier molecular flexibility index (Phi) is 4.29. The molecule has 98 valence electrons.